The van der Waals surface area contributed by atoms with Gasteiger partial charge in [-0.05, 0) is 0 Å². The Morgan fingerprint density at radius 1 is 0.571 bits per heavy atom. The van der Waals surface area contributed by atoms with Crippen LogP contribution in [0.4, 0.5) is 0 Å². The summed E-state index contributed by atoms with van der Waals surface area (Å²) in [5, 5.41) is 0. The quantitative estimate of drug-likeness (QED) is 0.583. The molecule has 0 aromatic heterocycles. The Kier molecular flexibility index (Phi) is 4.53. The minimum atomic E-state index is -1.01. The predicted octanol–water partition coefficient (Wildman–Crippen LogP) is 3.95. The van der Waals surface area contributed by atoms with Gasteiger partial charge in [-0.25, -0.2) is 0 Å². The van der Waals surface area contributed by atoms with Gasteiger partial charge >= 0.3 is 110 Å². The van der Waals surface area contributed by atoms with E-state index in [4.69, 9.17) is 0 Å². The first-order chi connectivity index (χ1) is 5.75. The maximum absolute atomic E-state index is 2.60. The molecule has 0 aliphatic rings. The second-order valence-corrected chi connectivity index (χ2v) is 32.5. The van der Waals surface area contributed by atoms with Crippen LogP contribution in [0.2, 0.25) is 60.9 Å². The van der Waals surface area contributed by atoms with Crippen molar-refractivity contribution in [3.05, 3.63) is 0 Å². The van der Waals surface area contributed by atoms with Crippen molar-refractivity contribution in [3.63, 3.8) is 0 Å². The van der Waals surface area contributed by atoms with E-state index < -0.39 is 24.2 Å². The third kappa shape index (κ3) is 2.61. The molecule has 0 saturated carbocycles. The summed E-state index contributed by atoms with van der Waals surface area (Å²) in [6.45, 7) is 23.4. The fraction of sp³-hybridized carbons (Fsp3) is 1.00. The number of hydrogen-bond donors (Lipinski definition) is 0. The minimum absolute atomic E-state index is 0.840. The molecular weight excluding hydrogens is 413 g/mol. The topological polar surface area (TPSA) is 0 Å². The van der Waals surface area contributed by atoms with E-state index >= 15 is 0 Å². The second kappa shape index (κ2) is 4.08. The zero-order valence-electron chi connectivity index (χ0n) is 11.4. The number of rotatable bonds is 3. The van der Waals surface area contributed by atoms with E-state index in [1.165, 1.54) is 0 Å². The molecule has 0 unspecified atom stereocenters. The van der Waals surface area contributed by atoms with Gasteiger partial charge in [-0.3, -0.25) is 0 Å². The Hall–Kier alpha value is 1.53. The van der Waals surface area contributed by atoms with E-state index in [1.54, 1.807) is 24.7 Å². The Morgan fingerprint density at radius 3 is 0.714 bits per heavy atom. The standard InChI is InChI=1S/C10H27Si3.Bi/c1-11(2,3)10(12(4,5)6)13(7,8)9;/h1-9H3;. The first kappa shape index (κ1) is 15.5. The Labute approximate surface area is 109 Å². The van der Waals surface area contributed by atoms with Gasteiger partial charge in [-0.15, -0.1) is 0 Å². The molecule has 84 valence electrons. The van der Waals surface area contributed by atoms with Crippen LogP contribution in [-0.4, -0.2) is 48.9 Å². The average Bonchev–Trinajstić information content (AvgIpc) is 1.77. The molecular formula is C10H27BiSi3. The van der Waals surface area contributed by atoms with Gasteiger partial charge in [0.2, 0.25) is 0 Å². The molecule has 0 amide bonds. The number of hydrogen-bond acceptors (Lipinski definition) is 0. The van der Waals surface area contributed by atoms with Gasteiger partial charge in [0, 0.05) is 0 Å². The summed E-state index contributed by atoms with van der Waals surface area (Å²) in [6.07, 6.45) is 0. The van der Waals surface area contributed by atoms with Crippen molar-refractivity contribution in [1.82, 2.24) is 0 Å². The third-order valence-electron chi connectivity index (χ3n) is 3.26. The van der Waals surface area contributed by atoms with E-state index in [1.807, 2.05) is 0 Å². The molecule has 0 nitrogen and oxygen atoms in total. The molecule has 0 N–H and O–H groups in total. The fourth-order valence-corrected chi connectivity index (χ4v) is 30.4. The van der Waals surface area contributed by atoms with Crippen molar-refractivity contribution in [1.29, 1.82) is 0 Å². The summed E-state index contributed by atoms with van der Waals surface area (Å²) in [6, 6.07) is 0. The zero-order chi connectivity index (χ0) is 12.0. The molecule has 0 fully saturated rings. The molecule has 0 atom stereocenters. The zero-order valence-corrected chi connectivity index (χ0v) is 17.9. The third-order valence-corrected chi connectivity index (χ3v) is 46.7. The Balaban J connectivity index is 5.54. The van der Waals surface area contributed by atoms with Crippen molar-refractivity contribution in [3.8, 4) is 0 Å². The van der Waals surface area contributed by atoms with Gasteiger partial charge in [-0.1, -0.05) is 0 Å². The molecule has 14 heavy (non-hydrogen) atoms. The van der Waals surface area contributed by atoms with Crippen molar-refractivity contribution in [2.24, 2.45) is 0 Å². The molecule has 0 heterocycles. The van der Waals surface area contributed by atoms with Gasteiger partial charge in [0.15, 0.2) is 0 Å². The summed E-state index contributed by atoms with van der Waals surface area (Å²) in [7, 11) is -3.03. The van der Waals surface area contributed by atoms with Crippen LogP contribution in [0.1, 0.15) is 0 Å². The van der Waals surface area contributed by atoms with Crippen LogP contribution in [0.5, 0.6) is 0 Å². The molecule has 0 bridgehead atoms. The SMILES string of the molecule is C[Si](C)(C)[C]([Bi])([Si](C)(C)C)[Si](C)(C)C. The van der Waals surface area contributed by atoms with Crippen molar-refractivity contribution >= 4 is 48.9 Å². The fourth-order valence-electron chi connectivity index (χ4n) is 3.38. The predicted molar refractivity (Wildman–Crippen MR) is 78.5 cm³/mol. The van der Waals surface area contributed by atoms with Gasteiger partial charge in [0.1, 0.15) is 0 Å². The molecule has 2 radical (unpaired) electrons. The summed E-state index contributed by atoms with van der Waals surface area (Å²) in [5.41, 5.74) is 0. The van der Waals surface area contributed by atoms with Crippen LogP contribution in [-0.2, 0) is 0 Å². The maximum atomic E-state index is 2.60. The van der Waals surface area contributed by atoms with Crippen molar-refractivity contribution < 1.29 is 0 Å². The van der Waals surface area contributed by atoms with Crippen LogP contribution in [0.15, 0.2) is 0 Å². The Morgan fingerprint density at radius 2 is 0.714 bits per heavy atom. The Bertz CT molecular complexity index is 169. The van der Waals surface area contributed by atoms with Crippen LogP contribution >= 0.6 is 0 Å². The molecule has 0 rings (SSSR count). The second-order valence-electron chi connectivity index (χ2n) is 7.46. The summed E-state index contributed by atoms with van der Waals surface area (Å²) >= 11 is 1.67. The first-order valence-corrected chi connectivity index (χ1v) is 17.7. The van der Waals surface area contributed by atoms with Crippen LogP contribution < -0.4 is 0 Å². The summed E-state index contributed by atoms with van der Waals surface area (Å²) in [4.78, 5) is 0. The molecule has 4 heteroatoms. The molecule has 0 saturated heterocycles. The molecule has 0 aliphatic carbocycles. The monoisotopic (exact) mass is 440 g/mol. The van der Waals surface area contributed by atoms with E-state index in [0.29, 0.717) is 0 Å². The van der Waals surface area contributed by atoms with Gasteiger partial charge in [0.25, 0.3) is 0 Å². The van der Waals surface area contributed by atoms with E-state index in [-0.39, 0.29) is 0 Å². The van der Waals surface area contributed by atoms with Gasteiger partial charge in [0.05, 0.1) is 0 Å². The van der Waals surface area contributed by atoms with Crippen molar-refractivity contribution in [2.75, 3.05) is 0 Å². The van der Waals surface area contributed by atoms with E-state index in [2.05, 4.69) is 58.9 Å². The van der Waals surface area contributed by atoms with E-state index in [9.17, 15) is 0 Å². The van der Waals surface area contributed by atoms with Crippen LogP contribution in [0.25, 0.3) is 0 Å². The molecule has 0 aliphatic heterocycles. The summed E-state index contributed by atoms with van der Waals surface area (Å²) < 4.78 is 0.840. The molecule has 0 aromatic carbocycles. The normalized spacial score (nSPS) is 15.9. The van der Waals surface area contributed by atoms with Gasteiger partial charge < -0.3 is 0 Å². The first-order valence-electron chi connectivity index (χ1n) is 5.47. The molecule has 0 aromatic rings. The van der Waals surface area contributed by atoms with Gasteiger partial charge in [-0.2, -0.15) is 0 Å². The average molecular weight is 441 g/mol. The van der Waals surface area contributed by atoms with Crippen LogP contribution in [0, 0.1) is 0 Å². The van der Waals surface area contributed by atoms with E-state index in [0.717, 1.165) is 1.99 Å². The van der Waals surface area contributed by atoms with Crippen molar-refractivity contribution in [2.45, 2.75) is 60.9 Å². The summed E-state index contributed by atoms with van der Waals surface area (Å²) in [5.74, 6) is 0. The molecule has 0 spiro atoms. The van der Waals surface area contributed by atoms with Crippen LogP contribution in [0.3, 0.4) is 0 Å².